The second-order valence-corrected chi connectivity index (χ2v) is 4.23. The molecule has 0 aliphatic carbocycles. The Balaban J connectivity index is 2.16. The summed E-state index contributed by atoms with van der Waals surface area (Å²) in [5.74, 6) is 1.64. The van der Waals surface area contributed by atoms with Gasteiger partial charge in [0.2, 0.25) is 0 Å². The molecule has 0 aromatic carbocycles. The third-order valence-corrected chi connectivity index (χ3v) is 3.02. The van der Waals surface area contributed by atoms with E-state index in [2.05, 4.69) is 28.2 Å². The lowest BCUT2D eigenvalue weighted by atomic mass is 10.0. The Labute approximate surface area is 80.5 Å². The summed E-state index contributed by atoms with van der Waals surface area (Å²) in [5.41, 5.74) is 0. The largest absolute Gasteiger partial charge is 0.468 e. The smallest absolute Gasteiger partial charge is 0.122 e. The SMILES string of the molecule is CC1CC(c2occc2Br)CN1. The van der Waals surface area contributed by atoms with E-state index in [0.29, 0.717) is 12.0 Å². The van der Waals surface area contributed by atoms with Crippen LogP contribution in [0.15, 0.2) is 21.2 Å². The molecule has 2 heterocycles. The van der Waals surface area contributed by atoms with E-state index >= 15 is 0 Å². The van der Waals surface area contributed by atoms with Crippen LogP contribution >= 0.6 is 15.9 Å². The normalized spacial score (nSPS) is 29.5. The maximum atomic E-state index is 5.41. The molecule has 1 aliphatic heterocycles. The van der Waals surface area contributed by atoms with Crippen LogP contribution < -0.4 is 5.32 Å². The van der Waals surface area contributed by atoms with Crippen LogP contribution in [0, 0.1) is 0 Å². The summed E-state index contributed by atoms with van der Waals surface area (Å²) in [4.78, 5) is 0. The van der Waals surface area contributed by atoms with Crippen molar-refractivity contribution in [2.45, 2.75) is 25.3 Å². The molecule has 2 rings (SSSR count). The van der Waals surface area contributed by atoms with Gasteiger partial charge in [-0.2, -0.15) is 0 Å². The number of nitrogens with one attached hydrogen (secondary N) is 1. The van der Waals surface area contributed by atoms with Gasteiger partial charge in [0.05, 0.1) is 10.7 Å². The fourth-order valence-electron chi connectivity index (χ4n) is 1.73. The number of rotatable bonds is 1. The molecular formula is C9H12BrNO. The van der Waals surface area contributed by atoms with Gasteiger partial charge in [0.15, 0.2) is 0 Å². The van der Waals surface area contributed by atoms with Gasteiger partial charge in [0, 0.05) is 18.5 Å². The fraction of sp³-hybridized carbons (Fsp3) is 0.556. The molecule has 12 heavy (non-hydrogen) atoms. The van der Waals surface area contributed by atoms with Crippen LogP contribution in [-0.2, 0) is 0 Å². The fourth-order valence-corrected chi connectivity index (χ4v) is 2.26. The van der Waals surface area contributed by atoms with Crippen molar-refractivity contribution in [2.24, 2.45) is 0 Å². The zero-order valence-electron chi connectivity index (χ0n) is 7.01. The standard InChI is InChI=1S/C9H12BrNO/c1-6-4-7(5-11-6)9-8(10)2-3-12-9/h2-3,6-7,11H,4-5H2,1H3. The third kappa shape index (κ3) is 1.43. The van der Waals surface area contributed by atoms with Crippen molar-refractivity contribution in [3.8, 4) is 0 Å². The summed E-state index contributed by atoms with van der Waals surface area (Å²) in [6, 6.07) is 2.57. The van der Waals surface area contributed by atoms with Gasteiger partial charge >= 0.3 is 0 Å². The maximum absolute atomic E-state index is 5.41. The van der Waals surface area contributed by atoms with E-state index in [-0.39, 0.29) is 0 Å². The Bertz CT molecular complexity index is 271. The summed E-state index contributed by atoms with van der Waals surface area (Å²) in [5, 5.41) is 3.40. The maximum Gasteiger partial charge on any atom is 0.122 e. The molecule has 0 radical (unpaired) electrons. The van der Waals surface area contributed by atoms with Crippen LogP contribution in [0.4, 0.5) is 0 Å². The molecule has 2 nitrogen and oxygen atoms in total. The molecule has 3 heteroatoms. The Morgan fingerprint density at radius 2 is 2.50 bits per heavy atom. The van der Waals surface area contributed by atoms with Crippen LogP contribution in [0.2, 0.25) is 0 Å². The van der Waals surface area contributed by atoms with Gasteiger partial charge in [-0.15, -0.1) is 0 Å². The van der Waals surface area contributed by atoms with Gasteiger partial charge < -0.3 is 9.73 Å². The highest BCUT2D eigenvalue weighted by molar-refractivity contribution is 9.10. The average molecular weight is 230 g/mol. The number of hydrogen-bond donors (Lipinski definition) is 1. The van der Waals surface area contributed by atoms with Gasteiger partial charge in [-0.1, -0.05) is 0 Å². The first kappa shape index (κ1) is 8.32. The molecule has 0 bridgehead atoms. The van der Waals surface area contributed by atoms with E-state index in [1.807, 2.05) is 6.07 Å². The topological polar surface area (TPSA) is 25.2 Å². The van der Waals surface area contributed by atoms with Crippen molar-refractivity contribution in [1.82, 2.24) is 5.32 Å². The first-order valence-electron chi connectivity index (χ1n) is 4.23. The quantitative estimate of drug-likeness (QED) is 0.801. The number of hydrogen-bond acceptors (Lipinski definition) is 2. The lowest BCUT2D eigenvalue weighted by Crippen LogP contribution is -2.16. The van der Waals surface area contributed by atoms with Gasteiger partial charge in [-0.05, 0) is 35.3 Å². The van der Waals surface area contributed by atoms with E-state index in [0.717, 1.165) is 16.8 Å². The van der Waals surface area contributed by atoms with E-state index in [1.165, 1.54) is 6.42 Å². The van der Waals surface area contributed by atoms with E-state index < -0.39 is 0 Å². The average Bonchev–Trinajstić information content (AvgIpc) is 2.58. The molecule has 2 atom stereocenters. The predicted molar refractivity (Wildman–Crippen MR) is 51.2 cm³/mol. The second-order valence-electron chi connectivity index (χ2n) is 3.37. The molecular weight excluding hydrogens is 218 g/mol. The summed E-state index contributed by atoms with van der Waals surface area (Å²) in [6.45, 7) is 3.24. The Hall–Kier alpha value is -0.280. The van der Waals surface area contributed by atoms with Crippen molar-refractivity contribution in [3.05, 3.63) is 22.6 Å². The highest BCUT2D eigenvalue weighted by atomic mass is 79.9. The Morgan fingerprint density at radius 1 is 1.67 bits per heavy atom. The monoisotopic (exact) mass is 229 g/mol. The van der Waals surface area contributed by atoms with Crippen LogP contribution in [-0.4, -0.2) is 12.6 Å². The summed E-state index contributed by atoms with van der Waals surface area (Å²) >= 11 is 3.47. The molecule has 1 aromatic heterocycles. The van der Waals surface area contributed by atoms with E-state index in [9.17, 15) is 0 Å². The minimum Gasteiger partial charge on any atom is -0.468 e. The number of halogens is 1. The van der Waals surface area contributed by atoms with Gasteiger partial charge in [-0.3, -0.25) is 0 Å². The van der Waals surface area contributed by atoms with Crippen LogP contribution in [0.25, 0.3) is 0 Å². The Morgan fingerprint density at radius 3 is 3.00 bits per heavy atom. The molecule has 1 aliphatic rings. The molecule has 0 spiro atoms. The van der Waals surface area contributed by atoms with Crippen molar-refractivity contribution in [3.63, 3.8) is 0 Å². The van der Waals surface area contributed by atoms with Crippen LogP contribution in [0.5, 0.6) is 0 Å². The van der Waals surface area contributed by atoms with Crippen molar-refractivity contribution in [2.75, 3.05) is 6.54 Å². The Kier molecular flexibility index (Phi) is 2.24. The molecule has 2 unspecified atom stereocenters. The van der Waals surface area contributed by atoms with Crippen LogP contribution in [0.1, 0.15) is 25.0 Å². The first-order chi connectivity index (χ1) is 5.77. The van der Waals surface area contributed by atoms with Crippen LogP contribution in [0.3, 0.4) is 0 Å². The second kappa shape index (κ2) is 3.23. The molecule has 1 fully saturated rings. The molecule has 0 saturated carbocycles. The molecule has 66 valence electrons. The zero-order chi connectivity index (χ0) is 8.55. The predicted octanol–water partition coefficient (Wildman–Crippen LogP) is 2.51. The van der Waals surface area contributed by atoms with E-state index in [1.54, 1.807) is 6.26 Å². The highest BCUT2D eigenvalue weighted by Gasteiger charge is 2.25. The van der Waals surface area contributed by atoms with Crippen molar-refractivity contribution >= 4 is 15.9 Å². The lowest BCUT2D eigenvalue weighted by molar-refractivity contribution is 0.468. The van der Waals surface area contributed by atoms with E-state index in [4.69, 9.17) is 4.42 Å². The molecule has 0 amide bonds. The molecule has 1 saturated heterocycles. The number of furan rings is 1. The van der Waals surface area contributed by atoms with Gasteiger partial charge in [-0.25, -0.2) is 0 Å². The van der Waals surface area contributed by atoms with Crippen molar-refractivity contribution < 1.29 is 4.42 Å². The molecule has 1 aromatic rings. The van der Waals surface area contributed by atoms with Gasteiger partial charge in [0.1, 0.15) is 5.76 Å². The lowest BCUT2D eigenvalue weighted by Gasteiger charge is -2.04. The summed E-state index contributed by atoms with van der Waals surface area (Å²) in [7, 11) is 0. The summed E-state index contributed by atoms with van der Waals surface area (Å²) in [6.07, 6.45) is 2.91. The highest BCUT2D eigenvalue weighted by Crippen LogP contribution is 2.31. The summed E-state index contributed by atoms with van der Waals surface area (Å²) < 4.78 is 6.51. The van der Waals surface area contributed by atoms with Gasteiger partial charge in [0.25, 0.3) is 0 Å². The minimum absolute atomic E-state index is 0.546. The third-order valence-electron chi connectivity index (χ3n) is 2.37. The minimum atomic E-state index is 0.546. The van der Waals surface area contributed by atoms with Crippen molar-refractivity contribution in [1.29, 1.82) is 0 Å². The first-order valence-corrected chi connectivity index (χ1v) is 5.03. The zero-order valence-corrected chi connectivity index (χ0v) is 8.60. The molecule has 1 N–H and O–H groups in total.